The van der Waals surface area contributed by atoms with E-state index in [4.69, 9.17) is 0 Å². The zero-order valence-corrected chi connectivity index (χ0v) is 12.9. The fourth-order valence-electron chi connectivity index (χ4n) is 3.27. The molecular formula is C17H25NO2. The molecule has 1 N–H and O–H groups in total. The maximum atomic E-state index is 11.2. The first-order chi connectivity index (χ1) is 9.30. The van der Waals surface area contributed by atoms with E-state index < -0.39 is 5.97 Å². The van der Waals surface area contributed by atoms with Crippen molar-refractivity contribution in [3.63, 3.8) is 0 Å². The van der Waals surface area contributed by atoms with Crippen LogP contribution >= 0.6 is 0 Å². The highest BCUT2D eigenvalue weighted by Crippen LogP contribution is 2.42. The Morgan fingerprint density at radius 2 is 1.85 bits per heavy atom. The van der Waals surface area contributed by atoms with E-state index in [0.717, 1.165) is 12.8 Å². The number of nitrogens with zero attached hydrogens (tertiary/aromatic N) is 1. The third-order valence-electron chi connectivity index (χ3n) is 4.30. The van der Waals surface area contributed by atoms with Crippen molar-refractivity contribution in [2.75, 3.05) is 6.54 Å². The van der Waals surface area contributed by atoms with Crippen LogP contribution in [0.3, 0.4) is 0 Å². The number of carbonyl (C=O) groups is 1. The molecule has 3 heteroatoms. The van der Waals surface area contributed by atoms with Gasteiger partial charge in [-0.15, -0.1) is 0 Å². The minimum absolute atomic E-state index is 0.0941. The van der Waals surface area contributed by atoms with Gasteiger partial charge in [0, 0.05) is 11.6 Å². The van der Waals surface area contributed by atoms with Gasteiger partial charge in [-0.25, -0.2) is 0 Å². The molecule has 0 bridgehead atoms. The molecule has 0 saturated heterocycles. The van der Waals surface area contributed by atoms with Crippen molar-refractivity contribution in [2.24, 2.45) is 0 Å². The molecule has 2 rings (SSSR count). The molecule has 0 amide bonds. The number of rotatable bonds is 3. The van der Waals surface area contributed by atoms with E-state index >= 15 is 0 Å². The van der Waals surface area contributed by atoms with E-state index in [-0.39, 0.29) is 18.1 Å². The normalized spacial score (nSPS) is 22.6. The zero-order chi connectivity index (χ0) is 14.9. The van der Waals surface area contributed by atoms with E-state index in [1.165, 1.54) is 11.1 Å². The summed E-state index contributed by atoms with van der Waals surface area (Å²) in [4.78, 5) is 13.4. The second-order valence-electron chi connectivity index (χ2n) is 6.82. The van der Waals surface area contributed by atoms with Crippen LogP contribution in [-0.4, -0.2) is 28.1 Å². The first-order valence-corrected chi connectivity index (χ1v) is 7.38. The number of hydrogen-bond donors (Lipinski definition) is 1. The number of fused-ring (bicyclic) bond motifs is 1. The van der Waals surface area contributed by atoms with Crippen LogP contribution in [-0.2, 0) is 4.79 Å². The van der Waals surface area contributed by atoms with Crippen LogP contribution in [0.5, 0.6) is 0 Å². The fourth-order valence-corrected chi connectivity index (χ4v) is 3.27. The molecule has 0 spiro atoms. The van der Waals surface area contributed by atoms with E-state index in [1.54, 1.807) is 0 Å². The number of aliphatic carboxylic acids is 1. The lowest BCUT2D eigenvalue weighted by Gasteiger charge is -2.44. The molecule has 0 fully saturated rings. The van der Waals surface area contributed by atoms with Gasteiger partial charge in [-0.2, -0.15) is 0 Å². The Bertz CT molecular complexity index is 490. The van der Waals surface area contributed by atoms with Gasteiger partial charge >= 0.3 is 5.97 Å². The highest BCUT2D eigenvalue weighted by atomic mass is 16.4. The fraction of sp³-hybridized carbons (Fsp3) is 0.588. The SMILES string of the molecule is CC1CCC(N(CC(=O)O)C(C)(C)C)c2ccccc21. The lowest BCUT2D eigenvalue weighted by atomic mass is 9.79. The first kappa shape index (κ1) is 15.0. The molecule has 1 aromatic rings. The molecular weight excluding hydrogens is 250 g/mol. The maximum Gasteiger partial charge on any atom is 0.317 e. The van der Waals surface area contributed by atoms with Crippen molar-refractivity contribution < 1.29 is 9.90 Å². The van der Waals surface area contributed by atoms with Crippen LogP contribution in [0.1, 0.15) is 63.6 Å². The van der Waals surface area contributed by atoms with Crippen LogP contribution in [0.15, 0.2) is 24.3 Å². The summed E-state index contributed by atoms with van der Waals surface area (Å²) in [6, 6.07) is 8.70. The van der Waals surface area contributed by atoms with Crippen molar-refractivity contribution in [1.82, 2.24) is 4.90 Å². The lowest BCUT2D eigenvalue weighted by molar-refractivity contribution is -0.141. The zero-order valence-electron chi connectivity index (χ0n) is 12.9. The summed E-state index contributed by atoms with van der Waals surface area (Å²) in [5.41, 5.74) is 2.53. The van der Waals surface area contributed by atoms with Gasteiger partial charge in [0.15, 0.2) is 0 Å². The van der Waals surface area contributed by atoms with Gasteiger partial charge in [0.05, 0.1) is 6.54 Å². The largest absolute Gasteiger partial charge is 0.480 e. The minimum Gasteiger partial charge on any atom is -0.480 e. The Kier molecular flexibility index (Phi) is 4.19. The van der Waals surface area contributed by atoms with Crippen LogP contribution in [0.25, 0.3) is 0 Å². The molecule has 0 saturated carbocycles. The van der Waals surface area contributed by atoms with Gasteiger partial charge < -0.3 is 5.11 Å². The van der Waals surface area contributed by atoms with E-state index in [9.17, 15) is 9.90 Å². The summed E-state index contributed by atoms with van der Waals surface area (Å²) in [5.74, 6) is -0.190. The van der Waals surface area contributed by atoms with Crippen LogP contribution in [0.2, 0.25) is 0 Å². The highest BCUT2D eigenvalue weighted by Gasteiger charge is 2.35. The van der Waals surface area contributed by atoms with Crippen molar-refractivity contribution in [3.05, 3.63) is 35.4 Å². The van der Waals surface area contributed by atoms with Crippen LogP contribution in [0, 0.1) is 0 Å². The number of carboxylic acid groups (broad SMARTS) is 1. The third-order valence-corrected chi connectivity index (χ3v) is 4.30. The van der Waals surface area contributed by atoms with Gasteiger partial charge in [0.1, 0.15) is 0 Å². The summed E-state index contributed by atoms with van der Waals surface area (Å²) in [6.07, 6.45) is 2.15. The monoisotopic (exact) mass is 275 g/mol. The smallest absolute Gasteiger partial charge is 0.317 e. The molecule has 0 aromatic heterocycles. The Morgan fingerprint density at radius 3 is 2.40 bits per heavy atom. The molecule has 1 aromatic carbocycles. The van der Waals surface area contributed by atoms with Gasteiger partial charge in [-0.05, 0) is 50.7 Å². The molecule has 1 aliphatic carbocycles. The molecule has 3 nitrogen and oxygen atoms in total. The Labute approximate surface area is 121 Å². The van der Waals surface area contributed by atoms with E-state index in [1.807, 2.05) is 0 Å². The van der Waals surface area contributed by atoms with Crippen LogP contribution < -0.4 is 0 Å². The quantitative estimate of drug-likeness (QED) is 0.912. The topological polar surface area (TPSA) is 40.5 Å². The lowest BCUT2D eigenvalue weighted by Crippen LogP contribution is -2.47. The molecule has 0 heterocycles. The molecule has 20 heavy (non-hydrogen) atoms. The summed E-state index contributed by atoms with van der Waals surface area (Å²) in [7, 11) is 0. The van der Waals surface area contributed by atoms with Crippen molar-refractivity contribution in [2.45, 2.75) is 58.0 Å². The second-order valence-corrected chi connectivity index (χ2v) is 6.82. The summed E-state index contributed by atoms with van der Waals surface area (Å²) >= 11 is 0. The average molecular weight is 275 g/mol. The molecule has 0 aliphatic heterocycles. The third kappa shape index (κ3) is 3.04. The Balaban J connectivity index is 2.40. The summed E-state index contributed by atoms with van der Waals surface area (Å²) in [6.45, 7) is 8.63. The van der Waals surface area contributed by atoms with E-state index in [2.05, 4.69) is 56.9 Å². The first-order valence-electron chi connectivity index (χ1n) is 7.38. The predicted octanol–water partition coefficient (Wildman–Crippen LogP) is 3.81. The molecule has 0 radical (unpaired) electrons. The van der Waals surface area contributed by atoms with Gasteiger partial charge in [0.2, 0.25) is 0 Å². The van der Waals surface area contributed by atoms with Crippen LogP contribution in [0.4, 0.5) is 0 Å². The Morgan fingerprint density at radius 1 is 1.25 bits per heavy atom. The number of carboxylic acids is 1. The molecule has 110 valence electrons. The van der Waals surface area contributed by atoms with Crippen molar-refractivity contribution >= 4 is 5.97 Å². The van der Waals surface area contributed by atoms with Crippen molar-refractivity contribution in [3.8, 4) is 0 Å². The maximum absolute atomic E-state index is 11.2. The van der Waals surface area contributed by atoms with Gasteiger partial charge in [0.25, 0.3) is 0 Å². The summed E-state index contributed by atoms with van der Waals surface area (Å²) in [5, 5.41) is 9.24. The predicted molar refractivity (Wildman–Crippen MR) is 80.9 cm³/mol. The Hall–Kier alpha value is -1.35. The standard InChI is InChI=1S/C17H25NO2/c1-12-9-10-15(14-8-6-5-7-13(12)14)18(11-16(19)20)17(2,3)4/h5-8,12,15H,9-11H2,1-4H3,(H,19,20). The van der Waals surface area contributed by atoms with Crippen molar-refractivity contribution in [1.29, 1.82) is 0 Å². The molecule has 1 aliphatic rings. The van der Waals surface area contributed by atoms with E-state index in [0.29, 0.717) is 5.92 Å². The molecule has 2 unspecified atom stereocenters. The summed E-state index contributed by atoms with van der Waals surface area (Å²) < 4.78 is 0. The molecule has 2 atom stereocenters. The number of benzene rings is 1. The number of hydrogen-bond acceptors (Lipinski definition) is 2. The van der Waals surface area contributed by atoms with Gasteiger partial charge in [-0.1, -0.05) is 31.2 Å². The minimum atomic E-state index is -0.754. The van der Waals surface area contributed by atoms with Gasteiger partial charge in [-0.3, -0.25) is 9.69 Å². The second kappa shape index (κ2) is 5.57. The highest BCUT2D eigenvalue weighted by molar-refractivity contribution is 5.69. The average Bonchev–Trinajstić information content (AvgIpc) is 2.36.